The average molecular weight is 263 g/mol. The molecular formula is C14H21N3O2. The van der Waals surface area contributed by atoms with Crippen molar-refractivity contribution in [3.05, 3.63) is 28.7 Å². The summed E-state index contributed by atoms with van der Waals surface area (Å²) in [6.07, 6.45) is 5.06. The molecule has 0 bridgehead atoms. The molecule has 0 saturated heterocycles. The first-order valence-corrected chi connectivity index (χ1v) is 6.92. The lowest BCUT2D eigenvalue weighted by Gasteiger charge is -2.08. The predicted octanol–water partition coefficient (Wildman–Crippen LogP) is 2.18. The Morgan fingerprint density at radius 2 is 2.26 bits per heavy atom. The maximum absolute atomic E-state index is 11.9. The lowest BCUT2D eigenvalue weighted by Crippen LogP contribution is -2.34. The van der Waals surface area contributed by atoms with Gasteiger partial charge in [-0.3, -0.25) is 4.79 Å². The number of pyridine rings is 1. The second-order valence-electron chi connectivity index (χ2n) is 5.00. The summed E-state index contributed by atoms with van der Waals surface area (Å²) in [5.74, 6) is 0.610. The molecule has 0 aromatic carbocycles. The molecule has 1 aliphatic rings. The van der Waals surface area contributed by atoms with Crippen LogP contribution in [-0.4, -0.2) is 16.6 Å². The highest BCUT2D eigenvalue weighted by atomic mass is 16.2. The van der Waals surface area contributed by atoms with E-state index in [1.165, 1.54) is 0 Å². The number of nitrogens with one attached hydrogen (secondary N) is 2. The standard InChI is InChI=1S/C14H21N3O2/c1-3-6-10-9-12(10)16-14(19)15-11-7-5-8-17(4-2)13(11)18/h5,7-8,10,12H,3-4,6,9H2,1-2H3,(H2,15,16,19)/t10-,12-/m1/s1. The number of amides is 2. The number of urea groups is 1. The van der Waals surface area contributed by atoms with Gasteiger partial charge in [-0.2, -0.15) is 0 Å². The lowest BCUT2D eigenvalue weighted by atomic mass is 10.2. The summed E-state index contributed by atoms with van der Waals surface area (Å²) in [5.41, 5.74) is 0.163. The van der Waals surface area contributed by atoms with Gasteiger partial charge in [0.1, 0.15) is 5.69 Å². The molecule has 5 heteroatoms. The molecule has 1 heterocycles. The molecule has 104 valence electrons. The number of aryl methyl sites for hydroxylation is 1. The van der Waals surface area contributed by atoms with E-state index in [0.29, 0.717) is 18.2 Å². The van der Waals surface area contributed by atoms with Crippen molar-refractivity contribution in [2.75, 3.05) is 5.32 Å². The Balaban J connectivity index is 1.91. The maximum Gasteiger partial charge on any atom is 0.319 e. The van der Waals surface area contributed by atoms with Crippen LogP contribution in [0.3, 0.4) is 0 Å². The molecule has 0 aliphatic heterocycles. The van der Waals surface area contributed by atoms with Gasteiger partial charge in [0.2, 0.25) is 0 Å². The Labute approximate surface area is 113 Å². The van der Waals surface area contributed by atoms with Gasteiger partial charge >= 0.3 is 6.03 Å². The van der Waals surface area contributed by atoms with Crippen LogP contribution in [0, 0.1) is 5.92 Å². The molecule has 1 aromatic rings. The highest BCUT2D eigenvalue weighted by Gasteiger charge is 2.37. The molecule has 0 spiro atoms. The summed E-state index contributed by atoms with van der Waals surface area (Å²) in [5, 5.41) is 5.54. The van der Waals surface area contributed by atoms with Gasteiger partial charge in [-0.25, -0.2) is 4.79 Å². The van der Waals surface area contributed by atoms with Crippen LogP contribution >= 0.6 is 0 Å². The Morgan fingerprint density at radius 1 is 1.47 bits per heavy atom. The largest absolute Gasteiger partial charge is 0.335 e. The van der Waals surface area contributed by atoms with Crippen LogP contribution in [0.25, 0.3) is 0 Å². The quantitative estimate of drug-likeness (QED) is 0.855. The number of carbonyl (C=O) groups excluding carboxylic acids is 1. The van der Waals surface area contributed by atoms with E-state index in [2.05, 4.69) is 17.6 Å². The topological polar surface area (TPSA) is 63.1 Å². The minimum absolute atomic E-state index is 0.166. The second kappa shape index (κ2) is 5.91. The van der Waals surface area contributed by atoms with Crippen molar-refractivity contribution in [3.8, 4) is 0 Å². The third-order valence-electron chi connectivity index (χ3n) is 3.51. The first kappa shape index (κ1) is 13.6. The number of aromatic nitrogens is 1. The fourth-order valence-corrected chi connectivity index (χ4v) is 2.32. The van der Waals surface area contributed by atoms with E-state index in [-0.39, 0.29) is 17.6 Å². The van der Waals surface area contributed by atoms with Crippen molar-refractivity contribution in [3.63, 3.8) is 0 Å². The molecule has 5 nitrogen and oxygen atoms in total. The van der Waals surface area contributed by atoms with E-state index in [1.54, 1.807) is 22.9 Å². The Bertz CT molecular complexity index is 510. The first-order chi connectivity index (χ1) is 9.15. The van der Waals surface area contributed by atoms with Gasteiger partial charge < -0.3 is 15.2 Å². The molecule has 19 heavy (non-hydrogen) atoms. The zero-order valence-corrected chi connectivity index (χ0v) is 11.5. The summed E-state index contributed by atoms with van der Waals surface area (Å²) in [7, 11) is 0. The highest BCUT2D eigenvalue weighted by molar-refractivity contribution is 5.89. The van der Waals surface area contributed by atoms with Crippen molar-refractivity contribution < 1.29 is 4.79 Å². The normalized spacial score (nSPS) is 20.9. The average Bonchev–Trinajstić information content (AvgIpc) is 3.10. The van der Waals surface area contributed by atoms with Crippen molar-refractivity contribution in [1.29, 1.82) is 0 Å². The molecule has 1 saturated carbocycles. The van der Waals surface area contributed by atoms with E-state index >= 15 is 0 Å². The summed E-state index contributed by atoms with van der Waals surface area (Å²) in [4.78, 5) is 23.7. The molecule has 0 unspecified atom stereocenters. The summed E-state index contributed by atoms with van der Waals surface area (Å²) < 4.78 is 1.56. The van der Waals surface area contributed by atoms with Crippen molar-refractivity contribution >= 4 is 11.7 Å². The summed E-state index contributed by atoms with van der Waals surface area (Å²) >= 11 is 0. The van der Waals surface area contributed by atoms with Crippen LogP contribution in [-0.2, 0) is 6.54 Å². The molecule has 0 radical (unpaired) electrons. The molecular weight excluding hydrogens is 242 g/mol. The fourth-order valence-electron chi connectivity index (χ4n) is 2.32. The summed E-state index contributed by atoms with van der Waals surface area (Å²) in [6, 6.07) is 3.38. The molecule has 2 rings (SSSR count). The number of hydrogen-bond donors (Lipinski definition) is 2. The number of hydrogen-bond acceptors (Lipinski definition) is 2. The monoisotopic (exact) mass is 263 g/mol. The van der Waals surface area contributed by atoms with Crippen molar-refractivity contribution in [2.24, 2.45) is 5.92 Å². The molecule has 2 atom stereocenters. The number of carbonyl (C=O) groups is 1. The van der Waals surface area contributed by atoms with Gasteiger partial charge in [-0.15, -0.1) is 0 Å². The van der Waals surface area contributed by atoms with E-state index in [9.17, 15) is 9.59 Å². The van der Waals surface area contributed by atoms with Crippen LogP contribution < -0.4 is 16.2 Å². The molecule has 2 N–H and O–H groups in total. The van der Waals surface area contributed by atoms with E-state index < -0.39 is 0 Å². The predicted molar refractivity (Wildman–Crippen MR) is 75.3 cm³/mol. The zero-order valence-electron chi connectivity index (χ0n) is 11.5. The fraction of sp³-hybridized carbons (Fsp3) is 0.571. The Hall–Kier alpha value is -1.78. The summed E-state index contributed by atoms with van der Waals surface area (Å²) in [6.45, 7) is 4.63. The highest BCUT2D eigenvalue weighted by Crippen LogP contribution is 2.34. The van der Waals surface area contributed by atoms with Gasteiger partial charge in [0.05, 0.1) is 0 Å². The van der Waals surface area contributed by atoms with Crippen LogP contribution in [0.5, 0.6) is 0 Å². The SMILES string of the molecule is CCC[C@@H]1C[C@H]1NC(=O)Nc1cccn(CC)c1=O. The minimum atomic E-state index is -0.283. The van der Waals surface area contributed by atoms with E-state index in [4.69, 9.17) is 0 Å². The smallest absolute Gasteiger partial charge is 0.319 e. The Kier molecular flexibility index (Phi) is 4.24. The molecule has 1 fully saturated rings. The second-order valence-corrected chi connectivity index (χ2v) is 5.00. The molecule has 1 aromatic heterocycles. The first-order valence-electron chi connectivity index (χ1n) is 6.92. The molecule has 1 aliphatic carbocycles. The van der Waals surface area contributed by atoms with Crippen LogP contribution in [0.4, 0.5) is 10.5 Å². The number of nitrogens with zero attached hydrogens (tertiary/aromatic N) is 1. The van der Waals surface area contributed by atoms with Gasteiger partial charge in [0.25, 0.3) is 5.56 Å². The number of anilines is 1. The number of rotatable bonds is 5. The zero-order chi connectivity index (χ0) is 13.8. The lowest BCUT2D eigenvalue weighted by molar-refractivity contribution is 0.251. The third-order valence-corrected chi connectivity index (χ3v) is 3.51. The van der Waals surface area contributed by atoms with Crippen LogP contribution in [0.2, 0.25) is 0 Å². The van der Waals surface area contributed by atoms with Crippen molar-refractivity contribution in [2.45, 2.75) is 45.7 Å². The van der Waals surface area contributed by atoms with Gasteiger partial charge in [0, 0.05) is 18.8 Å². The van der Waals surface area contributed by atoms with Gasteiger partial charge in [0.15, 0.2) is 0 Å². The Morgan fingerprint density at radius 3 is 2.95 bits per heavy atom. The van der Waals surface area contributed by atoms with E-state index in [0.717, 1.165) is 19.3 Å². The van der Waals surface area contributed by atoms with Gasteiger partial charge in [-0.1, -0.05) is 13.3 Å². The maximum atomic E-state index is 11.9. The van der Waals surface area contributed by atoms with E-state index in [1.807, 2.05) is 6.92 Å². The third kappa shape index (κ3) is 3.36. The van der Waals surface area contributed by atoms with Crippen molar-refractivity contribution in [1.82, 2.24) is 9.88 Å². The molecule has 2 amide bonds. The minimum Gasteiger partial charge on any atom is -0.335 e. The van der Waals surface area contributed by atoms with Crippen LogP contribution in [0.15, 0.2) is 23.1 Å². The van der Waals surface area contributed by atoms with Crippen LogP contribution in [0.1, 0.15) is 33.1 Å². The van der Waals surface area contributed by atoms with Gasteiger partial charge in [-0.05, 0) is 37.8 Å².